The fourth-order valence-corrected chi connectivity index (χ4v) is 3.63. The van der Waals surface area contributed by atoms with Gasteiger partial charge in [0.1, 0.15) is 11.5 Å². The molecule has 1 aliphatic heterocycles. The lowest BCUT2D eigenvalue weighted by Crippen LogP contribution is -2.14. The third-order valence-corrected chi connectivity index (χ3v) is 5.34. The minimum absolute atomic E-state index is 0.0639. The Morgan fingerprint density at radius 3 is 2.00 bits per heavy atom. The molecule has 0 aliphatic carbocycles. The zero-order valence-corrected chi connectivity index (χ0v) is 18.2. The van der Waals surface area contributed by atoms with Crippen molar-refractivity contribution in [1.82, 2.24) is 0 Å². The molecule has 0 amide bonds. The molecule has 0 saturated carbocycles. The number of carboxylic acid groups (broad SMARTS) is 1. The molecule has 0 bridgehead atoms. The molecule has 0 unspecified atom stereocenters. The largest absolute Gasteiger partial charge is 0.497 e. The van der Waals surface area contributed by atoms with E-state index in [1.165, 1.54) is 7.11 Å². The van der Waals surface area contributed by atoms with E-state index in [2.05, 4.69) is 0 Å². The van der Waals surface area contributed by atoms with Gasteiger partial charge in [-0.2, -0.15) is 0 Å². The van der Waals surface area contributed by atoms with Gasteiger partial charge in [0.05, 0.1) is 19.8 Å². The van der Waals surface area contributed by atoms with E-state index < -0.39 is 5.97 Å². The first-order chi connectivity index (χ1) is 16.0. The third-order valence-electron chi connectivity index (χ3n) is 5.34. The van der Waals surface area contributed by atoms with Crippen LogP contribution in [0.4, 0.5) is 0 Å². The molecule has 33 heavy (non-hydrogen) atoms. The predicted octanol–water partition coefficient (Wildman–Crippen LogP) is 4.40. The van der Waals surface area contributed by atoms with Crippen LogP contribution < -0.4 is 18.9 Å². The average molecular weight is 446 g/mol. The van der Waals surface area contributed by atoms with Crippen LogP contribution in [0.3, 0.4) is 0 Å². The maximum absolute atomic E-state index is 13.6. The molecule has 1 aliphatic rings. The molecule has 3 aromatic carbocycles. The normalized spacial score (nSPS) is 12.7. The van der Waals surface area contributed by atoms with Crippen molar-refractivity contribution < 1.29 is 33.6 Å². The summed E-state index contributed by atoms with van der Waals surface area (Å²) < 4.78 is 21.1. The topological polar surface area (TPSA) is 91.3 Å². The molecule has 7 heteroatoms. The monoisotopic (exact) mass is 446 g/mol. The van der Waals surface area contributed by atoms with Gasteiger partial charge in [0.15, 0.2) is 17.3 Å². The van der Waals surface area contributed by atoms with Crippen LogP contribution in [0.5, 0.6) is 23.0 Å². The van der Waals surface area contributed by atoms with Gasteiger partial charge in [-0.15, -0.1) is 0 Å². The van der Waals surface area contributed by atoms with E-state index in [0.29, 0.717) is 34.1 Å². The van der Waals surface area contributed by atoms with Gasteiger partial charge >= 0.3 is 5.97 Å². The highest BCUT2D eigenvalue weighted by atomic mass is 16.7. The number of allylic oxidation sites excluding steroid dienone is 1. The van der Waals surface area contributed by atoms with Gasteiger partial charge in [-0.25, -0.2) is 4.79 Å². The lowest BCUT2D eigenvalue weighted by Gasteiger charge is -2.14. The summed E-state index contributed by atoms with van der Waals surface area (Å²) >= 11 is 0. The van der Waals surface area contributed by atoms with Gasteiger partial charge in [0, 0.05) is 17.6 Å². The lowest BCUT2D eigenvalue weighted by molar-refractivity contribution is -0.130. The van der Waals surface area contributed by atoms with E-state index in [1.807, 2.05) is 0 Å². The number of methoxy groups -OCH3 is 2. The smallest absolute Gasteiger partial charge is 0.336 e. The second kappa shape index (κ2) is 9.48. The molecule has 0 spiro atoms. The fraction of sp³-hybridized carbons (Fsp3) is 0.154. The van der Waals surface area contributed by atoms with Crippen LogP contribution in [0.2, 0.25) is 0 Å². The van der Waals surface area contributed by atoms with E-state index in [1.54, 1.807) is 73.8 Å². The molecular formula is C26H22O7. The number of carbonyl (C=O) groups excluding carboxylic acids is 1. The molecule has 0 saturated heterocycles. The minimum atomic E-state index is -1.21. The summed E-state index contributed by atoms with van der Waals surface area (Å²) in [7, 11) is 3.10. The molecule has 0 aromatic heterocycles. The minimum Gasteiger partial charge on any atom is -0.497 e. The van der Waals surface area contributed by atoms with E-state index in [-0.39, 0.29) is 30.1 Å². The zero-order chi connectivity index (χ0) is 23.4. The molecule has 3 aromatic rings. The van der Waals surface area contributed by atoms with E-state index in [9.17, 15) is 14.7 Å². The van der Waals surface area contributed by atoms with Gasteiger partial charge in [-0.05, 0) is 59.7 Å². The van der Waals surface area contributed by atoms with E-state index in [4.69, 9.17) is 18.9 Å². The van der Waals surface area contributed by atoms with Crippen LogP contribution in [-0.4, -0.2) is 37.9 Å². The number of ether oxygens (including phenoxy) is 4. The molecule has 1 heterocycles. The second-order valence-corrected chi connectivity index (χ2v) is 7.31. The van der Waals surface area contributed by atoms with Crippen LogP contribution in [-0.2, 0) is 11.2 Å². The number of ketones is 1. The van der Waals surface area contributed by atoms with Crippen LogP contribution in [0.15, 0.2) is 72.3 Å². The molecule has 7 nitrogen and oxygen atoms in total. The Morgan fingerprint density at radius 2 is 1.39 bits per heavy atom. The highest BCUT2D eigenvalue weighted by molar-refractivity contribution is 6.26. The Hall–Kier alpha value is -4.26. The number of hydrogen-bond donors (Lipinski definition) is 1. The van der Waals surface area contributed by atoms with Crippen LogP contribution >= 0.6 is 0 Å². The summed E-state index contributed by atoms with van der Waals surface area (Å²) in [6, 6.07) is 18.6. The molecule has 1 N–H and O–H groups in total. The van der Waals surface area contributed by atoms with Crippen molar-refractivity contribution in [2.24, 2.45) is 0 Å². The number of aliphatic carboxylic acids is 1. The van der Waals surface area contributed by atoms with Gasteiger partial charge in [-0.1, -0.05) is 18.2 Å². The fourth-order valence-electron chi connectivity index (χ4n) is 3.63. The van der Waals surface area contributed by atoms with Gasteiger partial charge < -0.3 is 24.1 Å². The summed E-state index contributed by atoms with van der Waals surface area (Å²) in [6.07, 6.45) is 0.116. The Bertz CT molecular complexity index is 1210. The van der Waals surface area contributed by atoms with Gasteiger partial charge in [0.25, 0.3) is 0 Å². The molecule has 0 atom stereocenters. The number of benzene rings is 3. The molecular weight excluding hydrogens is 424 g/mol. The maximum atomic E-state index is 13.6. The molecule has 4 rings (SSSR count). The van der Waals surface area contributed by atoms with E-state index >= 15 is 0 Å². The van der Waals surface area contributed by atoms with Crippen LogP contribution in [0.1, 0.15) is 21.5 Å². The standard InChI is InChI=1S/C26H22O7/c1-30-19-8-3-16(4-9-19)13-21(25(27)17-5-10-20(31-2)11-6-17)24(26(28)29)18-7-12-22-23(14-18)33-15-32-22/h3-12,14H,13,15H2,1-2H3,(H,28,29)/b24-21+. The number of carbonyl (C=O) groups is 2. The number of Topliss-reactive ketones (excluding diaryl/α,β-unsaturated/α-hetero) is 1. The number of fused-ring (bicyclic) bond motifs is 1. The van der Waals surface area contributed by atoms with Crippen molar-refractivity contribution in [2.45, 2.75) is 6.42 Å². The quantitative estimate of drug-likeness (QED) is 0.405. The Kier molecular flexibility index (Phi) is 6.31. The summed E-state index contributed by atoms with van der Waals surface area (Å²) in [4.78, 5) is 26.0. The summed E-state index contributed by atoms with van der Waals surface area (Å²) in [5.41, 5.74) is 1.55. The summed E-state index contributed by atoms with van der Waals surface area (Å²) in [5.74, 6) is 0.637. The number of hydrogen-bond acceptors (Lipinski definition) is 6. The van der Waals surface area contributed by atoms with Gasteiger partial charge in [-0.3, -0.25) is 4.79 Å². The van der Waals surface area contributed by atoms with E-state index in [0.717, 1.165) is 5.56 Å². The van der Waals surface area contributed by atoms with Crippen molar-refractivity contribution in [2.75, 3.05) is 21.0 Å². The summed E-state index contributed by atoms with van der Waals surface area (Å²) in [6.45, 7) is 0.0639. The highest BCUT2D eigenvalue weighted by Crippen LogP contribution is 2.36. The van der Waals surface area contributed by atoms with Gasteiger partial charge in [0.2, 0.25) is 6.79 Å². The Balaban J connectivity index is 1.84. The van der Waals surface area contributed by atoms with Crippen molar-refractivity contribution in [3.05, 3.63) is 89.0 Å². The lowest BCUT2D eigenvalue weighted by atomic mass is 9.89. The zero-order valence-electron chi connectivity index (χ0n) is 18.2. The first-order valence-electron chi connectivity index (χ1n) is 10.2. The molecule has 0 fully saturated rings. The Morgan fingerprint density at radius 1 is 0.818 bits per heavy atom. The third kappa shape index (κ3) is 4.67. The average Bonchev–Trinajstić information content (AvgIpc) is 3.31. The van der Waals surface area contributed by atoms with Crippen molar-refractivity contribution >= 4 is 17.3 Å². The number of rotatable bonds is 8. The summed E-state index contributed by atoms with van der Waals surface area (Å²) in [5, 5.41) is 10.2. The van der Waals surface area contributed by atoms with Crippen molar-refractivity contribution in [1.29, 1.82) is 0 Å². The second-order valence-electron chi connectivity index (χ2n) is 7.31. The van der Waals surface area contributed by atoms with Crippen LogP contribution in [0.25, 0.3) is 5.57 Å². The van der Waals surface area contributed by atoms with Crippen molar-refractivity contribution in [3.8, 4) is 23.0 Å². The maximum Gasteiger partial charge on any atom is 0.336 e. The molecule has 168 valence electrons. The predicted molar refractivity (Wildman–Crippen MR) is 121 cm³/mol. The first-order valence-corrected chi connectivity index (χ1v) is 10.2. The first kappa shape index (κ1) is 22.0. The highest BCUT2D eigenvalue weighted by Gasteiger charge is 2.25. The van der Waals surface area contributed by atoms with Crippen molar-refractivity contribution in [3.63, 3.8) is 0 Å². The molecule has 0 radical (unpaired) electrons. The number of carboxylic acids is 1. The van der Waals surface area contributed by atoms with Crippen LogP contribution in [0, 0.1) is 0 Å². The Labute approximate surface area is 190 Å². The SMILES string of the molecule is COc1ccc(C/C(C(=O)c2ccc(OC)cc2)=C(\C(=O)O)c2ccc3c(c2)OCO3)cc1.